The third-order valence-electron chi connectivity index (χ3n) is 4.42. The van der Waals surface area contributed by atoms with Gasteiger partial charge in [-0.1, -0.05) is 68.4 Å². The highest BCUT2D eigenvalue weighted by Crippen LogP contribution is 2.19. The summed E-state index contributed by atoms with van der Waals surface area (Å²) >= 11 is 0. The van der Waals surface area contributed by atoms with Gasteiger partial charge in [0.1, 0.15) is 23.9 Å². The Morgan fingerprint density at radius 2 is 1.26 bits per heavy atom. The van der Waals surface area contributed by atoms with Gasteiger partial charge in [-0.05, 0) is 59.9 Å². The largest absolute Gasteiger partial charge is 0.486 e. The van der Waals surface area contributed by atoms with Gasteiger partial charge in [0, 0.05) is 0 Å². The third kappa shape index (κ3) is 5.75. The third-order valence-corrected chi connectivity index (χ3v) is 4.42. The van der Waals surface area contributed by atoms with E-state index in [2.05, 4.69) is 50.2 Å². The summed E-state index contributed by atoms with van der Waals surface area (Å²) in [5.41, 5.74) is 3.68. The molecule has 27 heavy (non-hydrogen) atoms. The van der Waals surface area contributed by atoms with Crippen LogP contribution in [0.5, 0.6) is 11.5 Å². The second-order valence-corrected chi connectivity index (χ2v) is 6.41. The molecule has 0 atom stereocenters. The standard InChI is InChI=1S/C25H26O2/c1-3-20-10-14-23(15-11-20)26-19-25(18-22-8-6-5-7-9-22)27-24-16-12-21(4-2)13-17-24/h5-18H,3-4,19H2,1-2H3/b25-18-. The van der Waals surface area contributed by atoms with E-state index in [1.807, 2.05) is 48.5 Å². The molecule has 0 saturated heterocycles. The molecule has 0 bridgehead atoms. The quantitative estimate of drug-likeness (QED) is 0.439. The zero-order valence-electron chi connectivity index (χ0n) is 16.0. The van der Waals surface area contributed by atoms with Crippen LogP contribution in [-0.4, -0.2) is 6.61 Å². The van der Waals surface area contributed by atoms with Crippen molar-refractivity contribution in [1.29, 1.82) is 0 Å². The van der Waals surface area contributed by atoms with Crippen molar-refractivity contribution in [3.8, 4) is 11.5 Å². The summed E-state index contributed by atoms with van der Waals surface area (Å²) in [6, 6.07) is 26.6. The number of benzene rings is 3. The summed E-state index contributed by atoms with van der Waals surface area (Å²) < 4.78 is 12.1. The molecule has 0 N–H and O–H groups in total. The van der Waals surface area contributed by atoms with Crippen molar-refractivity contribution in [2.24, 2.45) is 0 Å². The first-order chi connectivity index (χ1) is 13.3. The summed E-state index contributed by atoms with van der Waals surface area (Å²) in [7, 11) is 0. The zero-order chi connectivity index (χ0) is 18.9. The SMILES string of the molecule is CCc1ccc(OC/C(=C/c2ccccc2)Oc2ccc(CC)cc2)cc1. The molecule has 0 aromatic heterocycles. The van der Waals surface area contributed by atoms with Crippen LogP contribution >= 0.6 is 0 Å². The first-order valence-corrected chi connectivity index (χ1v) is 9.51. The Bertz CT molecular complexity index is 847. The van der Waals surface area contributed by atoms with Crippen molar-refractivity contribution in [2.45, 2.75) is 26.7 Å². The van der Waals surface area contributed by atoms with Gasteiger partial charge < -0.3 is 9.47 Å². The van der Waals surface area contributed by atoms with E-state index in [0.29, 0.717) is 6.61 Å². The monoisotopic (exact) mass is 358 g/mol. The number of ether oxygens (including phenoxy) is 2. The second-order valence-electron chi connectivity index (χ2n) is 6.41. The van der Waals surface area contributed by atoms with Crippen molar-refractivity contribution >= 4 is 6.08 Å². The van der Waals surface area contributed by atoms with E-state index < -0.39 is 0 Å². The van der Waals surface area contributed by atoms with Crippen LogP contribution in [0, 0.1) is 0 Å². The summed E-state index contributed by atoms with van der Waals surface area (Å²) in [6.07, 6.45) is 4.06. The van der Waals surface area contributed by atoms with Crippen LogP contribution in [0.4, 0.5) is 0 Å². The Morgan fingerprint density at radius 3 is 1.81 bits per heavy atom. The van der Waals surface area contributed by atoms with Gasteiger partial charge in [-0.25, -0.2) is 0 Å². The van der Waals surface area contributed by atoms with Gasteiger partial charge in [0.2, 0.25) is 0 Å². The molecular weight excluding hydrogens is 332 g/mol. The van der Waals surface area contributed by atoms with E-state index in [4.69, 9.17) is 9.47 Å². The van der Waals surface area contributed by atoms with Gasteiger partial charge in [-0.2, -0.15) is 0 Å². The minimum absolute atomic E-state index is 0.371. The molecule has 0 radical (unpaired) electrons. The molecule has 0 aliphatic heterocycles. The van der Waals surface area contributed by atoms with Crippen LogP contribution in [0.25, 0.3) is 6.08 Å². The maximum atomic E-state index is 6.12. The second kappa shape index (κ2) is 9.63. The van der Waals surface area contributed by atoms with Gasteiger partial charge in [0.25, 0.3) is 0 Å². The fourth-order valence-corrected chi connectivity index (χ4v) is 2.76. The highest BCUT2D eigenvalue weighted by molar-refractivity contribution is 5.52. The van der Waals surface area contributed by atoms with Crippen molar-refractivity contribution in [2.75, 3.05) is 6.61 Å². The lowest BCUT2D eigenvalue weighted by Crippen LogP contribution is -2.07. The molecule has 2 nitrogen and oxygen atoms in total. The van der Waals surface area contributed by atoms with Gasteiger partial charge in [-0.15, -0.1) is 0 Å². The highest BCUT2D eigenvalue weighted by Gasteiger charge is 2.05. The van der Waals surface area contributed by atoms with Crippen LogP contribution in [0.15, 0.2) is 84.6 Å². The summed E-state index contributed by atoms with van der Waals surface area (Å²) in [6.45, 7) is 4.67. The van der Waals surface area contributed by atoms with Crippen LogP contribution in [0.1, 0.15) is 30.5 Å². The molecule has 0 aliphatic rings. The Labute approximate surface area is 162 Å². The minimum atomic E-state index is 0.371. The molecule has 0 heterocycles. The predicted molar refractivity (Wildman–Crippen MR) is 112 cm³/mol. The van der Waals surface area contributed by atoms with Crippen LogP contribution < -0.4 is 9.47 Å². The van der Waals surface area contributed by atoms with Gasteiger partial charge >= 0.3 is 0 Å². The zero-order valence-corrected chi connectivity index (χ0v) is 16.0. The Balaban J connectivity index is 1.75. The molecule has 3 rings (SSSR count). The Hall–Kier alpha value is -3.00. The smallest absolute Gasteiger partial charge is 0.146 e. The lowest BCUT2D eigenvalue weighted by molar-refractivity contribution is 0.283. The van der Waals surface area contributed by atoms with Crippen molar-refractivity contribution < 1.29 is 9.47 Å². The number of aryl methyl sites for hydroxylation is 2. The fourth-order valence-electron chi connectivity index (χ4n) is 2.76. The maximum Gasteiger partial charge on any atom is 0.146 e. The Kier molecular flexibility index (Phi) is 6.70. The van der Waals surface area contributed by atoms with Gasteiger partial charge in [0.05, 0.1) is 0 Å². The van der Waals surface area contributed by atoms with Crippen molar-refractivity contribution in [3.63, 3.8) is 0 Å². The van der Waals surface area contributed by atoms with Gasteiger partial charge in [0.15, 0.2) is 0 Å². The van der Waals surface area contributed by atoms with Crippen molar-refractivity contribution in [3.05, 3.63) is 101 Å². The predicted octanol–water partition coefficient (Wildman–Crippen LogP) is 6.31. The van der Waals surface area contributed by atoms with E-state index in [0.717, 1.165) is 35.7 Å². The van der Waals surface area contributed by atoms with Crippen molar-refractivity contribution in [1.82, 2.24) is 0 Å². The molecular formula is C25H26O2. The molecule has 0 fully saturated rings. The molecule has 0 saturated carbocycles. The molecule has 0 aliphatic carbocycles. The summed E-state index contributed by atoms with van der Waals surface area (Å²) in [4.78, 5) is 0. The van der Waals surface area contributed by atoms with Gasteiger partial charge in [-0.3, -0.25) is 0 Å². The van der Waals surface area contributed by atoms with E-state index in [9.17, 15) is 0 Å². The molecule has 0 amide bonds. The first kappa shape index (κ1) is 18.8. The molecule has 2 heteroatoms. The molecule has 0 spiro atoms. The number of rotatable bonds is 8. The topological polar surface area (TPSA) is 18.5 Å². The van der Waals surface area contributed by atoms with E-state index in [1.165, 1.54) is 11.1 Å². The molecule has 138 valence electrons. The minimum Gasteiger partial charge on any atom is -0.486 e. The lowest BCUT2D eigenvalue weighted by atomic mass is 10.1. The lowest BCUT2D eigenvalue weighted by Gasteiger charge is -2.13. The van der Waals surface area contributed by atoms with Crippen LogP contribution in [-0.2, 0) is 12.8 Å². The fraction of sp³-hybridized carbons (Fsp3) is 0.200. The normalized spacial score (nSPS) is 11.3. The Morgan fingerprint density at radius 1 is 0.704 bits per heavy atom. The van der Waals surface area contributed by atoms with Crippen LogP contribution in [0.2, 0.25) is 0 Å². The average Bonchev–Trinajstić information content (AvgIpc) is 2.73. The highest BCUT2D eigenvalue weighted by atomic mass is 16.5. The van der Waals surface area contributed by atoms with E-state index >= 15 is 0 Å². The van der Waals surface area contributed by atoms with E-state index in [1.54, 1.807) is 0 Å². The maximum absolute atomic E-state index is 6.12. The summed E-state index contributed by atoms with van der Waals surface area (Å²) in [5, 5.41) is 0. The summed E-state index contributed by atoms with van der Waals surface area (Å²) in [5.74, 6) is 2.43. The van der Waals surface area contributed by atoms with Crippen LogP contribution in [0.3, 0.4) is 0 Å². The van der Waals surface area contributed by atoms with E-state index in [-0.39, 0.29) is 0 Å². The number of hydrogen-bond acceptors (Lipinski definition) is 2. The number of hydrogen-bond donors (Lipinski definition) is 0. The molecule has 3 aromatic rings. The average molecular weight is 358 g/mol. The first-order valence-electron chi connectivity index (χ1n) is 9.51. The molecule has 3 aromatic carbocycles. The molecule has 0 unspecified atom stereocenters.